The Morgan fingerprint density at radius 2 is 1.82 bits per heavy atom. The Bertz CT molecular complexity index is 1080. The summed E-state index contributed by atoms with van der Waals surface area (Å²) in [6.07, 6.45) is 3.98. The number of H-pyrrole nitrogens is 1. The smallest absolute Gasteiger partial charge is 0.408 e. The summed E-state index contributed by atoms with van der Waals surface area (Å²) in [5, 5.41) is 12.6. The molecule has 0 saturated heterocycles. The third-order valence-corrected chi connectivity index (χ3v) is 5.37. The van der Waals surface area contributed by atoms with Gasteiger partial charge in [-0.05, 0) is 50.5 Å². The summed E-state index contributed by atoms with van der Waals surface area (Å²) in [7, 11) is 0. The monoisotopic (exact) mass is 450 g/mol. The van der Waals surface area contributed by atoms with Crippen LogP contribution in [0, 0.1) is 0 Å². The largest absolute Gasteiger partial charge is 0.444 e. The van der Waals surface area contributed by atoms with Gasteiger partial charge in [0.15, 0.2) is 5.82 Å². The molecule has 176 valence electrons. The molecular formula is C26H34N4O3. The number of unbranched alkanes of at least 4 members (excludes halogenated alkanes) is 2. The fraction of sp³-hybridized carbons (Fsp3) is 0.462. The Kier molecular flexibility index (Phi) is 8.20. The summed E-state index contributed by atoms with van der Waals surface area (Å²) in [4.78, 5) is 28.7. The minimum Gasteiger partial charge on any atom is -0.444 e. The van der Waals surface area contributed by atoms with Crippen LogP contribution in [0.2, 0.25) is 0 Å². The summed E-state index contributed by atoms with van der Waals surface area (Å²) >= 11 is 0. The van der Waals surface area contributed by atoms with E-state index in [-0.39, 0.29) is 11.8 Å². The molecule has 0 spiro atoms. The molecule has 0 unspecified atom stereocenters. The van der Waals surface area contributed by atoms with E-state index in [0.29, 0.717) is 30.9 Å². The van der Waals surface area contributed by atoms with Crippen LogP contribution in [0.25, 0.3) is 22.2 Å². The number of aromatic amines is 1. The second kappa shape index (κ2) is 11.1. The van der Waals surface area contributed by atoms with E-state index in [9.17, 15) is 9.59 Å². The molecule has 0 aliphatic carbocycles. The molecule has 0 fully saturated rings. The first kappa shape index (κ1) is 24.4. The van der Waals surface area contributed by atoms with Gasteiger partial charge < -0.3 is 10.1 Å². The topological polar surface area (TPSA) is 97.0 Å². The van der Waals surface area contributed by atoms with Crippen molar-refractivity contribution in [1.29, 1.82) is 0 Å². The first-order valence-corrected chi connectivity index (χ1v) is 11.7. The lowest BCUT2D eigenvalue weighted by atomic mass is 10.0. The lowest BCUT2D eigenvalue weighted by molar-refractivity contribution is -0.118. The number of benzene rings is 2. The molecule has 7 nitrogen and oxygen atoms in total. The minimum absolute atomic E-state index is 0.286. The summed E-state index contributed by atoms with van der Waals surface area (Å²) in [6.45, 7) is 7.38. The molecule has 0 radical (unpaired) electrons. The van der Waals surface area contributed by atoms with Gasteiger partial charge in [0.05, 0.1) is 6.04 Å². The third kappa shape index (κ3) is 7.41. The highest BCUT2D eigenvalue weighted by molar-refractivity contribution is 5.86. The number of nitrogens with one attached hydrogen (secondary N) is 2. The average molecular weight is 451 g/mol. The second-order valence-corrected chi connectivity index (χ2v) is 9.30. The molecule has 0 aliphatic rings. The minimum atomic E-state index is -0.590. The van der Waals surface area contributed by atoms with E-state index in [1.54, 1.807) is 0 Å². The third-order valence-electron chi connectivity index (χ3n) is 5.37. The molecule has 7 heteroatoms. The van der Waals surface area contributed by atoms with Gasteiger partial charge in [-0.3, -0.25) is 9.89 Å². The fourth-order valence-corrected chi connectivity index (χ4v) is 3.64. The number of hydrogen-bond donors (Lipinski definition) is 2. The molecule has 1 atom stereocenters. The van der Waals surface area contributed by atoms with Crippen molar-refractivity contribution >= 4 is 22.6 Å². The second-order valence-electron chi connectivity index (χ2n) is 9.30. The number of Topliss-reactive ketones (excluding diaryl/α,β-unsaturated/α-hetero) is 1. The fourth-order valence-electron chi connectivity index (χ4n) is 3.64. The maximum absolute atomic E-state index is 12.4. The molecule has 0 bridgehead atoms. The van der Waals surface area contributed by atoms with Gasteiger partial charge in [0, 0.05) is 18.4 Å². The van der Waals surface area contributed by atoms with E-state index < -0.39 is 11.7 Å². The number of ketones is 1. The zero-order chi connectivity index (χ0) is 23.8. The normalized spacial score (nSPS) is 12.5. The quantitative estimate of drug-likeness (QED) is 0.363. The Morgan fingerprint density at radius 1 is 1.06 bits per heavy atom. The predicted octanol–water partition coefficient (Wildman–Crippen LogP) is 6.12. The number of hydrogen-bond acceptors (Lipinski definition) is 5. The predicted molar refractivity (Wildman–Crippen MR) is 130 cm³/mol. The molecule has 0 saturated carbocycles. The first-order valence-electron chi connectivity index (χ1n) is 11.7. The molecule has 1 aromatic heterocycles. The number of ether oxygens (including phenoxy) is 1. The standard InChI is InChI=1S/C26H34N4O3/c1-5-21(31)13-7-6-8-14-22(27-25(32)33-26(2,3)4)24-28-23(29-30-24)20-16-15-18-11-9-10-12-19(18)17-20/h9-12,15-17,22H,5-8,13-14H2,1-4H3,(H,27,32)(H,28,29,30)/t22-/m0/s1. The van der Waals surface area contributed by atoms with Gasteiger partial charge in [-0.25, -0.2) is 9.78 Å². The Hall–Kier alpha value is -3.22. The van der Waals surface area contributed by atoms with Crippen LogP contribution in [-0.2, 0) is 9.53 Å². The zero-order valence-corrected chi connectivity index (χ0v) is 20.0. The van der Waals surface area contributed by atoms with E-state index >= 15 is 0 Å². The number of aromatic nitrogens is 3. The maximum atomic E-state index is 12.4. The average Bonchev–Trinajstić information content (AvgIpc) is 3.26. The zero-order valence-electron chi connectivity index (χ0n) is 20.0. The van der Waals surface area contributed by atoms with Crippen molar-refractivity contribution in [3.05, 3.63) is 48.3 Å². The van der Waals surface area contributed by atoms with Crippen LogP contribution in [0.15, 0.2) is 42.5 Å². The van der Waals surface area contributed by atoms with Gasteiger partial charge >= 0.3 is 6.09 Å². The maximum Gasteiger partial charge on any atom is 0.408 e. The molecular weight excluding hydrogens is 416 g/mol. The van der Waals surface area contributed by atoms with Crippen molar-refractivity contribution in [2.75, 3.05) is 0 Å². The van der Waals surface area contributed by atoms with Gasteiger partial charge in [-0.15, -0.1) is 0 Å². The van der Waals surface area contributed by atoms with Crippen LogP contribution >= 0.6 is 0 Å². The van der Waals surface area contributed by atoms with Crippen molar-refractivity contribution in [1.82, 2.24) is 20.5 Å². The van der Waals surface area contributed by atoms with E-state index in [0.717, 1.165) is 35.6 Å². The number of carbonyl (C=O) groups is 2. The number of alkyl carbamates (subject to hydrolysis) is 1. The van der Waals surface area contributed by atoms with Crippen LogP contribution in [0.3, 0.4) is 0 Å². The van der Waals surface area contributed by atoms with Crippen LogP contribution < -0.4 is 5.32 Å². The lowest BCUT2D eigenvalue weighted by Gasteiger charge is -2.22. The number of rotatable bonds is 10. The van der Waals surface area contributed by atoms with Crippen LogP contribution in [0.1, 0.15) is 78.1 Å². The summed E-state index contributed by atoms with van der Waals surface area (Å²) in [6, 6.07) is 13.9. The number of nitrogens with zero attached hydrogens (tertiary/aromatic N) is 2. The molecule has 33 heavy (non-hydrogen) atoms. The van der Waals surface area contributed by atoms with E-state index in [1.165, 1.54) is 0 Å². The van der Waals surface area contributed by atoms with E-state index in [2.05, 4.69) is 44.8 Å². The van der Waals surface area contributed by atoms with Gasteiger partial charge in [0.1, 0.15) is 17.2 Å². The summed E-state index contributed by atoms with van der Waals surface area (Å²) in [5.74, 6) is 1.46. The SMILES string of the molecule is CCC(=O)CCCCC[C@H](NC(=O)OC(C)(C)C)c1nc(-c2ccc3ccccc3c2)n[nH]1. The van der Waals surface area contributed by atoms with Gasteiger partial charge in [0.2, 0.25) is 0 Å². The van der Waals surface area contributed by atoms with Crippen LogP contribution in [0.4, 0.5) is 4.79 Å². The van der Waals surface area contributed by atoms with Crippen LogP contribution in [-0.4, -0.2) is 32.7 Å². The van der Waals surface area contributed by atoms with Gasteiger partial charge in [0.25, 0.3) is 0 Å². The first-order chi connectivity index (χ1) is 15.7. The van der Waals surface area contributed by atoms with Gasteiger partial charge in [-0.2, -0.15) is 5.10 Å². The molecule has 3 rings (SSSR count). The van der Waals surface area contributed by atoms with E-state index in [1.807, 2.05) is 45.9 Å². The highest BCUT2D eigenvalue weighted by Gasteiger charge is 2.23. The van der Waals surface area contributed by atoms with Gasteiger partial charge in [-0.1, -0.05) is 56.2 Å². The molecule has 0 aliphatic heterocycles. The van der Waals surface area contributed by atoms with E-state index in [4.69, 9.17) is 4.74 Å². The van der Waals surface area contributed by atoms with Crippen molar-refractivity contribution in [3.63, 3.8) is 0 Å². The number of amides is 1. The number of carbonyl (C=O) groups excluding carboxylic acids is 2. The Labute approximate surface area is 195 Å². The molecule has 2 aromatic carbocycles. The highest BCUT2D eigenvalue weighted by atomic mass is 16.6. The Morgan fingerprint density at radius 3 is 2.55 bits per heavy atom. The molecule has 3 aromatic rings. The van der Waals surface area contributed by atoms with Crippen molar-refractivity contribution in [2.45, 2.75) is 77.9 Å². The van der Waals surface area contributed by atoms with Crippen molar-refractivity contribution in [3.8, 4) is 11.4 Å². The van der Waals surface area contributed by atoms with Crippen molar-refractivity contribution in [2.24, 2.45) is 0 Å². The number of fused-ring (bicyclic) bond motifs is 1. The molecule has 1 amide bonds. The molecule has 1 heterocycles. The van der Waals surface area contributed by atoms with Crippen molar-refractivity contribution < 1.29 is 14.3 Å². The molecule has 2 N–H and O–H groups in total. The van der Waals surface area contributed by atoms with Crippen LogP contribution in [0.5, 0.6) is 0 Å². The summed E-state index contributed by atoms with van der Waals surface area (Å²) in [5.41, 5.74) is 0.317. The highest BCUT2D eigenvalue weighted by Crippen LogP contribution is 2.24. The Balaban J connectivity index is 1.72. The summed E-state index contributed by atoms with van der Waals surface area (Å²) < 4.78 is 5.45. The lowest BCUT2D eigenvalue weighted by Crippen LogP contribution is -2.35.